The number of aliphatic imine (C=N–C) groups is 1. The van der Waals surface area contributed by atoms with Gasteiger partial charge in [0.15, 0.2) is 0 Å². The molecule has 0 radical (unpaired) electrons. The highest BCUT2D eigenvalue weighted by Crippen LogP contribution is 2.27. The van der Waals surface area contributed by atoms with E-state index in [1.54, 1.807) is 14.0 Å². The topological polar surface area (TPSA) is 90.9 Å². The van der Waals surface area contributed by atoms with E-state index in [9.17, 15) is 14.4 Å². The number of halogens is 1. The van der Waals surface area contributed by atoms with Gasteiger partial charge in [-0.1, -0.05) is 76.6 Å². The number of fused-ring (bicyclic) bond motifs is 1. The van der Waals surface area contributed by atoms with Crippen molar-refractivity contribution in [1.82, 2.24) is 10.6 Å². The van der Waals surface area contributed by atoms with Crippen LogP contribution in [0.4, 0.5) is 5.69 Å². The first kappa shape index (κ1) is 24.3. The third-order valence-electron chi connectivity index (χ3n) is 5.72. The van der Waals surface area contributed by atoms with Gasteiger partial charge in [0.2, 0.25) is 18.0 Å². The van der Waals surface area contributed by atoms with Gasteiger partial charge in [-0.25, -0.2) is 4.99 Å². The highest BCUT2D eigenvalue weighted by Gasteiger charge is 2.32. The normalized spacial score (nSPS) is 16.0. The van der Waals surface area contributed by atoms with E-state index in [1.165, 1.54) is 4.90 Å². The van der Waals surface area contributed by atoms with Crippen molar-refractivity contribution in [3.05, 3.63) is 100 Å². The average Bonchev–Trinajstić information content (AvgIpc) is 2.96. The number of amides is 3. The quantitative estimate of drug-likeness (QED) is 0.509. The fourth-order valence-corrected chi connectivity index (χ4v) is 4.11. The van der Waals surface area contributed by atoms with Gasteiger partial charge in [0.25, 0.3) is 5.91 Å². The number of nitrogens with one attached hydrogen (secondary N) is 2. The van der Waals surface area contributed by atoms with E-state index in [2.05, 4.69) is 31.6 Å². The summed E-state index contributed by atoms with van der Waals surface area (Å²) in [5.41, 5.74) is 3.76. The fraction of sp³-hybridized carbons (Fsp3) is 0.185. The Kier molecular flexibility index (Phi) is 7.41. The number of hydrogen-bond donors (Lipinski definition) is 2. The van der Waals surface area contributed by atoms with Gasteiger partial charge in [0, 0.05) is 22.6 Å². The first-order valence-corrected chi connectivity index (χ1v) is 12.0. The summed E-state index contributed by atoms with van der Waals surface area (Å²) in [6.07, 6.45) is -0.998. The standard InChI is InChI=1S/C27H25BrN4O3/c1-17(29-23(33)16-18-12-14-20(28)15-13-18)26(34)31-25-27(35)32(2)22-11-7-6-10-21(22)24(30-25)19-8-4-3-5-9-19/h3-15,17,25H,16H2,1-2H3,(H,29,33)(H,31,34)/t17-,25+/m0/s1. The van der Waals surface area contributed by atoms with E-state index >= 15 is 0 Å². The lowest BCUT2D eigenvalue weighted by Crippen LogP contribution is -2.52. The zero-order chi connectivity index (χ0) is 24.9. The van der Waals surface area contributed by atoms with Crippen LogP contribution in [-0.4, -0.2) is 42.7 Å². The summed E-state index contributed by atoms with van der Waals surface area (Å²) < 4.78 is 0.921. The molecule has 8 heteroatoms. The Hall–Kier alpha value is -3.78. The minimum atomic E-state index is -1.14. The largest absolute Gasteiger partial charge is 0.344 e. The molecule has 3 aromatic rings. The summed E-state index contributed by atoms with van der Waals surface area (Å²) in [6.45, 7) is 1.58. The van der Waals surface area contributed by atoms with Crippen molar-refractivity contribution >= 4 is 45.1 Å². The first-order valence-electron chi connectivity index (χ1n) is 11.2. The lowest BCUT2D eigenvalue weighted by molar-refractivity contribution is -0.130. The molecule has 7 nitrogen and oxygen atoms in total. The number of rotatable bonds is 6. The van der Waals surface area contributed by atoms with E-state index < -0.39 is 18.1 Å². The third kappa shape index (κ3) is 5.66. The number of likely N-dealkylation sites (N-methyl/N-ethyl adjacent to an activating group) is 1. The Labute approximate surface area is 212 Å². The van der Waals surface area contributed by atoms with E-state index in [0.717, 1.165) is 21.2 Å². The van der Waals surface area contributed by atoms with Crippen LogP contribution in [0.3, 0.4) is 0 Å². The molecule has 1 aliphatic heterocycles. The van der Waals surface area contributed by atoms with E-state index in [0.29, 0.717) is 11.4 Å². The highest BCUT2D eigenvalue weighted by molar-refractivity contribution is 9.10. The van der Waals surface area contributed by atoms with Crippen LogP contribution < -0.4 is 15.5 Å². The van der Waals surface area contributed by atoms with Crippen molar-refractivity contribution in [1.29, 1.82) is 0 Å². The third-order valence-corrected chi connectivity index (χ3v) is 6.25. The van der Waals surface area contributed by atoms with Gasteiger partial charge in [-0.15, -0.1) is 0 Å². The predicted molar refractivity (Wildman–Crippen MR) is 139 cm³/mol. The number of para-hydroxylation sites is 1. The molecular weight excluding hydrogens is 508 g/mol. The molecule has 1 aliphatic rings. The maximum atomic E-state index is 13.2. The number of anilines is 1. The number of benzodiazepines with no additional fused rings is 1. The number of carbonyl (C=O) groups is 3. The van der Waals surface area contributed by atoms with E-state index in [-0.39, 0.29) is 18.2 Å². The molecule has 0 fully saturated rings. The Morgan fingerprint density at radius 2 is 1.66 bits per heavy atom. The van der Waals surface area contributed by atoms with Crippen molar-refractivity contribution in [2.75, 3.05) is 11.9 Å². The van der Waals surface area contributed by atoms with E-state index in [1.807, 2.05) is 78.9 Å². The van der Waals surface area contributed by atoms with Crippen LogP contribution >= 0.6 is 15.9 Å². The van der Waals surface area contributed by atoms with Gasteiger partial charge in [-0.05, 0) is 30.7 Å². The number of nitrogens with zero attached hydrogens (tertiary/aromatic N) is 2. The SMILES string of the molecule is C[C@H](NC(=O)Cc1ccc(Br)cc1)C(=O)N[C@H]1N=C(c2ccccc2)c2ccccc2N(C)C1=O. The smallest absolute Gasteiger partial charge is 0.272 e. The van der Waals surface area contributed by atoms with Gasteiger partial charge >= 0.3 is 0 Å². The van der Waals surface area contributed by atoms with Crippen LogP contribution in [0.2, 0.25) is 0 Å². The van der Waals surface area contributed by atoms with Gasteiger partial charge in [0.05, 0.1) is 17.8 Å². The fourth-order valence-electron chi connectivity index (χ4n) is 3.85. The molecule has 2 N–H and O–H groups in total. The van der Waals surface area contributed by atoms with Gasteiger partial charge in [-0.2, -0.15) is 0 Å². The monoisotopic (exact) mass is 532 g/mol. The molecule has 2 atom stereocenters. The van der Waals surface area contributed by atoms with Gasteiger partial charge in [0.1, 0.15) is 6.04 Å². The van der Waals surface area contributed by atoms with Crippen LogP contribution in [0.15, 0.2) is 88.3 Å². The molecular formula is C27H25BrN4O3. The minimum absolute atomic E-state index is 0.140. The van der Waals surface area contributed by atoms with Gasteiger partial charge < -0.3 is 15.5 Å². The lowest BCUT2D eigenvalue weighted by atomic mass is 10.0. The summed E-state index contributed by atoms with van der Waals surface area (Å²) in [5, 5.41) is 5.41. The van der Waals surface area contributed by atoms with Crippen molar-refractivity contribution in [2.45, 2.75) is 25.6 Å². The van der Waals surface area contributed by atoms with Crippen LogP contribution in [0.1, 0.15) is 23.6 Å². The lowest BCUT2D eigenvalue weighted by Gasteiger charge is -2.22. The van der Waals surface area contributed by atoms with Crippen LogP contribution in [0.5, 0.6) is 0 Å². The Bertz CT molecular complexity index is 1280. The summed E-state index contributed by atoms with van der Waals surface area (Å²) >= 11 is 3.37. The average molecular weight is 533 g/mol. The molecule has 3 amide bonds. The van der Waals surface area contributed by atoms with Crippen molar-refractivity contribution < 1.29 is 14.4 Å². The van der Waals surface area contributed by atoms with Gasteiger partial charge in [-0.3, -0.25) is 14.4 Å². The Balaban J connectivity index is 1.53. The molecule has 3 aromatic carbocycles. The maximum Gasteiger partial charge on any atom is 0.272 e. The van der Waals surface area contributed by atoms with Crippen LogP contribution in [-0.2, 0) is 20.8 Å². The molecule has 178 valence electrons. The molecule has 35 heavy (non-hydrogen) atoms. The molecule has 0 saturated heterocycles. The van der Waals surface area contributed by atoms with Crippen LogP contribution in [0, 0.1) is 0 Å². The molecule has 0 saturated carbocycles. The summed E-state index contributed by atoms with van der Waals surface area (Å²) in [7, 11) is 1.66. The van der Waals surface area contributed by atoms with Crippen molar-refractivity contribution in [3.63, 3.8) is 0 Å². The second-order valence-electron chi connectivity index (χ2n) is 8.26. The minimum Gasteiger partial charge on any atom is -0.344 e. The van der Waals surface area contributed by atoms with Crippen molar-refractivity contribution in [2.24, 2.45) is 4.99 Å². The number of benzene rings is 3. The molecule has 0 bridgehead atoms. The highest BCUT2D eigenvalue weighted by atomic mass is 79.9. The van der Waals surface area contributed by atoms with E-state index in [4.69, 9.17) is 0 Å². The number of carbonyl (C=O) groups excluding carboxylic acids is 3. The summed E-state index contributed by atoms with van der Waals surface area (Å²) in [6, 6.07) is 23.6. The Morgan fingerprint density at radius 1 is 1.00 bits per heavy atom. The maximum absolute atomic E-state index is 13.2. The second kappa shape index (κ2) is 10.7. The summed E-state index contributed by atoms with van der Waals surface area (Å²) in [4.78, 5) is 44.8. The molecule has 0 spiro atoms. The Morgan fingerprint density at radius 3 is 2.37 bits per heavy atom. The second-order valence-corrected chi connectivity index (χ2v) is 9.18. The molecule has 0 unspecified atom stereocenters. The predicted octanol–water partition coefficient (Wildman–Crippen LogP) is 3.45. The van der Waals surface area contributed by atoms with Crippen LogP contribution in [0.25, 0.3) is 0 Å². The molecule has 0 aromatic heterocycles. The summed E-state index contributed by atoms with van der Waals surface area (Å²) in [5.74, 6) is -1.16. The molecule has 1 heterocycles. The van der Waals surface area contributed by atoms with Crippen molar-refractivity contribution in [3.8, 4) is 0 Å². The first-order chi connectivity index (χ1) is 16.8. The zero-order valence-electron chi connectivity index (χ0n) is 19.4. The molecule has 0 aliphatic carbocycles. The zero-order valence-corrected chi connectivity index (χ0v) is 21.0. The number of hydrogen-bond acceptors (Lipinski definition) is 4. The molecule has 4 rings (SSSR count).